The second-order valence-electron chi connectivity index (χ2n) is 7.34. The van der Waals surface area contributed by atoms with Gasteiger partial charge in [0.15, 0.2) is 5.78 Å². The molecule has 2 aromatic carbocycles. The highest BCUT2D eigenvalue weighted by Crippen LogP contribution is 2.23. The topological polar surface area (TPSA) is 64.7 Å². The van der Waals surface area contributed by atoms with E-state index in [0.29, 0.717) is 19.6 Å². The molecule has 2 heterocycles. The molecular weight excluding hydrogens is 340 g/mol. The Bertz CT molecular complexity index is 819. The molecule has 4 rings (SSSR count). The molecule has 0 saturated carbocycles. The average molecular weight is 366 g/mol. The summed E-state index contributed by atoms with van der Waals surface area (Å²) in [7, 11) is 0. The molecule has 142 valence electrons. The quantitative estimate of drug-likeness (QED) is 0.872. The first-order valence-electron chi connectivity index (χ1n) is 9.73. The van der Waals surface area contributed by atoms with Gasteiger partial charge in [0.1, 0.15) is 0 Å². The number of rotatable bonds is 4. The van der Waals surface area contributed by atoms with Gasteiger partial charge >= 0.3 is 6.03 Å². The maximum absolute atomic E-state index is 12.7. The Morgan fingerprint density at radius 3 is 2.59 bits per heavy atom. The fourth-order valence-electron chi connectivity index (χ4n) is 3.93. The zero-order valence-corrected chi connectivity index (χ0v) is 15.5. The van der Waals surface area contributed by atoms with E-state index in [-0.39, 0.29) is 17.9 Å². The summed E-state index contributed by atoms with van der Waals surface area (Å²) in [4.78, 5) is 29.0. The highest BCUT2D eigenvalue weighted by molar-refractivity contribution is 6.01. The Kier molecular flexibility index (Phi) is 5.36. The van der Waals surface area contributed by atoms with Crippen LogP contribution < -0.4 is 10.6 Å². The minimum atomic E-state index is -0.0743. The molecule has 0 unspecified atom stereocenters. The minimum absolute atomic E-state index is 0.0256. The summed E-state index contributed by atoms with van der Waals surface area (Å²) >= 11 is 0. The zero-order valence-electron chi connectivity index (χ0n) is 15.5. The van der Waals surface area contributed by atoms with E-state index >= 15 is 0 Å². The van der Waals surface area contributed by atoms with Crippen LogP contribution in [0.2, 0.25) is 0 Å². The van der Waals surface area contributed by atoms with Crippen LogP contribution in [0, 0.1) is 0 Å². The number of carbonyl (C=O) groups excluding carboxylic acids is 2. The van der Waals surface area contributed by atoms with Gasteiger partial charge in [-0.05, 0) is 30.8 Å². The summed E-state index contributed by atoms with van der Waals surface area (Å²) in [6.45, 7) is 4.18. The van der Waals surface area contributed by atoms with Crippen molar-refractivity contribution in [3.63, 3.8) is 0 Å². The molecule has 0 radical (unpaired) electrons. The zero-order chi connectivity index (χ0) is 18.6. The van der Waals surface area contributed by atoms with Gasteiger partial charge in [-0.15, -0.1) is 0 Å². The van der Waals surface area contributed by atoms with Gasteiger partial charge < -0.3 is 15.5 Å². The van der Waals surface area contributed by atoms with Crippen LogP contribution in [0.1, 0.15) is 12.8 Å². The first-order valence-corrected chi connectivity index (χ1v) is 9.73. The molecule has 2 N–H and O–H groups in total. The third-order valence-electron chi connectivity index (χ3n) is 5.52. The monoisotopic (exact) mass is 366 g/mol. The molecular formula is C21H26N4O2. The number of hydrogen-bond donors (Lipinski definition) is 2. The fraction of sp³-hybridized carbons (Fsp3) is 0.429. The predicted molar refractivity (Wildman–Crippen MR) is 107 cm³/mol. The summed E-state index contributed by atoms with van der Waals surface area (Å²) < 4.78 is 0. The largest absolute Gasteiger partial charge is 0.322 e. The molecule has 2 aliphatic heterocycles. The van der Waals surface area contributed by atoms with Crippen molar-refractivity contribution in [3.8, 4) is 0 Å². The number of anilines is 1. The number of benzene rings is 2. The summed E-state index contributed by atoms with van der Waals surface area (Å²) in [5, 5.41) is 8.46. The molecule has 6 heteroatoms. The van der Waals surface area contributed by atoms with Crippen LogP contribution in [-0.2, 0) is 4.79 Å². The Balaban J connectivity index is 1.31. The van der Waals surface area contributed by atoms with Crippen molar-refractivity contribution in [2.45, 2.75) is 18.9 Å². The number of Topliss-reactive ketones (excluding diaryl/α,β-unsaturated/α-hetero) is 1. The standard InChI is InChI=1S/C21H26N4O2/c26-20(19-9-4-10-22-19)15-24-11-13-25(14-12-24)21(27)23-18-8-3-6-16-5-1-2-7-17(16)18/h1-3,5-8,19,22H,4,9-15H2,(H,23,27)/t19-/m1/s1. The number of urea groups is 1. The predicted octanol–water partition coefficient (Wildman–Crippen LogP) is 2.31. The second kappa shape index (κ2) is 8.06. The average Bonchev–Trinajstić information content (AvgIpc) is 3.24. The normalized spacial score (nSPS) is 20.7. The molecule has 27 heavy (non-hydrogen) atoms. The van der Waals surface area contributed by atoms with E-state index in [1.54, 1.807) is 0 Å². The summed E-state index contributed by atoms with van der Waals surface area (Å²) in [5.41, 5.74) is 0.836. The number of fused-ring (bicyclic) bond motifs is 1. The van der Waals surface area contributed by atoms with Gasteiger partial charge in [0.25, 0.3) is 0 Å². The van der Waals surface area contributed by atoms with Gasteiger partial charge in [0, 0.05) is 31.6 Å². The van der Waals surface area contributed by atoms with E-state index in [9.17, 15) is 9.59 Å². The lowest BCUT2D eigenvalue weighted by atomic mass is 10.1. The van der Waals surface area contributed by atoms with E-state index in [4.69, 9.17) is 0 Å². The van der Waals surface area contributed by atoms with Crippen molar-refractivity contribution in [1.82, 2.24) is 15.1 Å². The van der Waals surface area contributed by atoms with Gasteiger partial charge in [-0.2, -0.15) is 0 Å². The highest BCUT2D eigenvalue weighted by Gasteiger charge is 2.27. The molecule has 0 spiro atoms. The van der Waals surface area contributed by atoms with Gasteiger partial charge in [-0.3, -0.25) is 9.69 Å². The van der Waals surface area contributed by atoms with Crippen LogP contribution in [0.4, 0.5) is 10.5 Å². The number of hydrogen-bond acceptors (Lipinski definition) is 4. The van der Waals surface area contributed by atoms with E-state index in [2.05, 4.69) is 15.5 Å². The maximum atomic E-state index is 12.7. The third kappa shape index (κ3) is 4.12. The first-order chi connectivity index (χ1) is 13.2. The molecule has 0 aromatic heterocycles. The molecule has 2 aromatic rings. The molecule has 2 saturated heterocycles. The maximum Gasteiger partial charge on any atom is 0.321 e. The highest BCUT2D eigenvalue weighted by atomic mass is 16.2. The second-order valence-corrected chi connectivity index (χ2v) is 7.34. The molecule has 1 atom stereocenters. The van der Waals surface area contributed by atoms with Crippen molar-refractivity contribution < 1.29 is 9.59 Å². The molecule has 0 bridgehead atoms. The molecule has 2 fully saturated rings. The number of piperazine rings is 1. The summed E-state index contributed by atoms with van der Waals surface area (Å²) in [6, 6.07) is 13.9. The van der Waals surface area contributed by atoms with Gasteiger partial charge in [-0.25, -0.2) is 4.79 Å². The number of nitrogens with one attached hydrogen (secondary N) is 2. The van der Waals surface area contributed by atoms with Gasteiger partial charge in [0.05, 0.1) is 18.3 Å². The van der Waals surface area contributed by atoms with Crippen LogP contribution in [0.15, 0.2) is 42.5 Å². The fourth-order valence-corrected chi connectivity index (χ4v) is 3.93. The van der Waals surface area contributed by atoms with Crippen molar-refractivity contribution in [3.05, 3.63) is 42.5 Å². The SMILES string of the molecule is O=C(CN1CCN(C(=O)Nc2cccc3ccccc23)CC1)[C@H]1CCCN1. The van der Waals surface area contributed by atoms with Crippen molar-refractivity contribution >= 4 is 28.3 Å². The molecule has 2 amide bonds. The Labute approximate surface area is 159 Å². The van der Waals surface area contributed by atoms with Crippen LogP contribution in [-0.4, -0.2) is 66.9 Å². The van der Waals surface area contributed by atoms with E-state index in [1.807, 2.05) is 47.4 Å². The van der Waals surface area contributed by atoms with Gasteiger partial charge in [0.2, 0.25) is 0 Å². The number of nitrogens with zero attached hydrogens (tertiary/aromatic N) is 2. The number of carbonyl (C=O) groups is 2. The number of ketones is 1. The smallest absolute Gasteiger partial charge is 0.321 e. The van der Waals surface area contributed by atoms with Crippen molar-refractivity contribution in [2.24, 2.45) is 0 Å². The van der Waals surface area contributed by atoms with Crippen LogP contribution >= 0.6 is 0 Å². The summed E-state index contributed by atoms with van der Waals surface area (Å²) in [5.74, 6) is 0.279. The minimum Gasteiger partial charge on any atom is -0.322 e. The molecule has 0 aliphatic carbocycles. The Hall–Kier alpha value is -2.44. The summed E-state index contributed by atoms with van der Waals surface area (Å²) in [6.07, 6.45) is 2.03. The first kappa shape index (κ1) is 17.9. The molecule has 6 nitrogen and oxygen atoms in total. The van der Waals surface area contributed by atoms with Crippen molar-refractivity contribution in [1.29, 1.82) is 0 Å². The lowest BCUT2D eigenvalue weighted by Gasteiger charge is -2.34. The van der Waals surface area contributed by atoms with Crippen LogP contribution in [0.25, 0.3) is 10.8 Å². The van der Waals surface area contributed by atoms with Crippen molar-refractivity contribution in [2.75, 3.05) is 44.6 Å². The Morgan fingerprint density at radius 1 is 1.04 bits per heavy atom. The van der Waals surface area contributed by atoms with E-state index in [0.717, 1.165) is 48.9 Å². The van der Waals surface area contributed by atoms with Crippen LogP contribution in [0.5, 0.6) is 0 Å². The lowest BCUT2D eigenvalue weighted by Crippen LogP contribution is -2.52. The van der Waals surface area contributed by atoms with Gasteiger partial charge in [-0.1, -0.05) is 36.4 Å². The van der Waals surface area contributed by atoms with E-state index < -0.39 is 0 Å². The van der Waals surface area contributed by atoms with Crippen LogP contribution in [0.3, 0.4) is 0 Å². The molecule has 2 aliphatic rings. The number of amides is 2. The third-order valence-corrected chi connectivity index (χ3v) is 5.52. The Morgan fingerprint density at radius 2 is 1.81 bits per heavy atom. The van der Waals surface area contributed by atoms with E-state index in [1.165, 1.54) is 0 Å². The lowest BCUT2D eigenvalue weighted by molar-refractivity contribution is -0.122.